The molecule has 0 radical (unpaired) electrons. The zero-order valence-electron chi connectivity index (χ0n) is 21.1. The minimum atomic E-state index is -4.36. The number of amides is 1. The number of nitrogens with zero attached hydrogens (tertiary/aromatic N) is 5. The van der Waals surface area contributed by atoms with Crippen LogP contribution in [0.4, 0.5) is 35.9 Å². The van der Waals surface area contributed by atoms with Gasteiger partial charge in [-0.3, -0.25) is 9.78 Å². The van der Waals surface area contributed by atoms with Crippen molar-refractivity contribution in [2.24, 2.45) is 11.7 Å². The summed E-state index contributed by atoms with van der Waals surface area (Å²) in [6.07, 6.45) is -1.63. The lowest BCUT2D eigenvalue weighted by atomic mass is 9.93. The Labute approximate surface area is 218 Å². The van der Waals surface area contributed by atoms with Crippen LogP contribution in [0.1, 0.15) is 16.9 Å². The molecule has 2 aliphatic rings. The Morgan fingerprint density at radius 3 is 2.58 bits per heavy atom. The largest absolute Gasteiger partial charge is 0.397 e. The van der Waals surface area contributed by atoms with Gasteiger partial charge in [0, 0.05) is 62.6 Å². The summed E-state index contributed by atoms with van der Waals surface area (Å²) in [5, 5.41) is 3.56. The average molecular weight is 529 g/mol. The van der Waals surface area contributed by atoms with Crippen molar-refractivity contribution in [3.05, 3.63) is 48.4 Å². The second-order valence-electron chi connectivity index (χ2n) is 10.1. The molecule has 1 aromatic carbocycles. The van der Waals surface area contributed by atoms with E-state index in [1.165, 1.54) is 12.4 Å². The van der Waals surface area contributed by atoms with Gasteiger partial charge in [-0.15, -0.1) is 0 Å². The quantitative estimate of drug-likeness (QED) is 0.474. The predicted octanol–water partition coefficient (Wildman–Crippen LogP) is 2.93. The van der Waals surface area contributed by atoms with E-state index in [9.17, 15) is 18.0 Å². The number of likely N-dealkylation sites (N-methyl/N-ethyl adjacent to an activating group) is 1. The molecule has 3 aromatic rings. The van der Waals surface area contributed by atoms with E-state index in [1.807, 2.05) is 18.2 Å². The lowest BCUT2D eigenvalue weighted by Crippen LogP contribution is -2.51. The van der Waals surface area contributed by atoms with Crippen LogP contribution in [-0.4, -0.2) is 79.3 Å². The van der Waals surface area contributed by atoms with E-state index < -0.39 is 24.0 Å². The van der Waals surface area contributed by atoms with E-state index in [1.54, 1.807) is 17.0 Å². The van der Waals surface area contributed by atoms with Gasteiger partial charge in [0.05, 0.1) is 34.7 Å². The third-order valence-electron chi connectivity index (χ3n) is 7.25. The standard InChI is InChI=1S/C26H31F3N8O/c1-35-6-8-36(9-7-35)19-3-2-16-10-20(31)24(33-21(16)12-19)25(38)34-22-13-32-5-4-23(22)37-14-17(26(27,28)29)11-18(30)15-37/h2-5,10,12-13,17-18H,6-9,11,14-15,30-31H2,1H3,(H,34,38)/t17-,18+/m0/s1. The summed E-state index contributed by atoms with van der Waals surface area (Å²) >= 11 is 0. The molecule has 0 aliphatic carbocycles. The molecular weight excluding hydrogens is 497 g/mol. The molecule has 0 unspecified atom stereocenters. The number of carbonyl (C=O) groups is 1. The van der Waals surface area contributed by atoms with Crippen molar-refractivity contribution >= 4 is 39.6 Å². The number of piperidine rings is 1. The number of fused-ring (bicyclic) bond motifs is 1. The molecule has 0 spiro atoms. The van der Waals surface area contributed by atoms with Crippen molar-refractivity contribution < 1.29 is 18.0 Å². The number of halogens is 3. The first kappa shape index (κ1) is 26.0. The number of piperazine rings is 1. The number of anilines is 4. The van der Waals surface area contributed by atoms with Gasteiger partial charge in [-0.05, 0) is 37.7 Å². The van der Waals surface area contributed by atoms with Gasteiger partial charge in [0.25, 0.3) is 5.91 Å². The van der Waals surface area contributed by atoms with Crippen molar-refractivity contribution in [2.75, 3.05) is 67.2 Å². The topological polar surface area (TPSA) is 117 Å². The number of hydrogen-bond acceptors (Lipinski definition) is 8. The molecule has 2 atom stereocenters. The zero-order valence-corrected chi connectivity index (χ0v) is 21.1. The van der Waals surface area contributed by atoms with Gasteiger partial charge in [0.1, 0.15) is 0 Å². The maximum absolute atomic E-state index is 13.5. The fourth-order valence-electron chi connectivity index (χ4n) is 5.13. The van der Waals surface area contributed by atoms with Crippen LogP contribution in [0.3, 0.4) is 0 Å². The zero-order chi connectivity index (χ0) is 27.0. The summed E-state index contributed by atoms with van der Waals surface area (Å²) in [7, 11) is 2.09. The summed E-state index contributed by atoms with van der Waals surface area (Å²) in [6, 6.07) is 8.52. The summed E-state index contributed by atoms with van der Waals surface area (Å²) in [4.78, 5) is 28.0. The number of nitrogen functional groups attached to an aromatic ring is 1. The van der Waals surface area contributed by atoms with Crippen molar-refractivity contribution in [3.63, 3.8) is 0 Å². The molecule has 2 fully saturated rings. The van der Waals surface area contributed by atoms with E-state index in [4.69, 9.17) is 11.5 Å². The number of benzene rings is 1. The highest BCUT2D eigenvalue weighted by atomic mass is 19.4. The number of rotatable bonds is 4. The number of carbonyl (C=O) groups excluding carboxylic acids is 1. The molecule has 2 saturated heterocycles. The van der Waals surface area contributed by atoms with E-state index in [0.29, 0.717) is 11.2 Å². The molecule has 2 aromatic heterocycles. The molecule has 5 N–H and O–H groups in total. The Balaban J connectivity index is 1.40. The average Bonchev–Trinajstić information content (AvgIpc) is 2.88. The van der Waals surface area contributed by atoms with Gasteiger partial charge >= 0.3 is 6.18 Å². The van der Waals surface area contributed by atoms with Crippen molar-refractivity contribution in [1.82, 2.24) is 14.9 Å². The van der Waals surface area contributed by atoms with Gasteiger partial charge in [0.15, 0.2) is 5.69 Å². The van der Waals surface area contributed by atoms with Crippen LogP contribution in [0.25, 0.3) is 10.9 Å². The molecule has 4 heterocycles. The first-order valence-electron chi connectivity index (χ1n) is 12.5. The molecule has 0 saturated carbocycles. The molecular formula is C26H31F3N8O. The van der Waals surface area contributed by atoms with Gasteiger partial charge in [0.2, 0.25) is 0 Å². The Morgan fingerprint density at radius 1 is 1.08 bits per heavy atom. The highest BCUT2D eigenvalue weighted by Gasteiger charge is 2.44. The van der Waals surface area contributed by atoms with E-state index >= 15 is 0 Å². The van der Waals surface area contributed by atoms with Gasteiger partial charge in [-0.1, -0.05) is 6.07 Å². The van der Waals surface area contributed by atoms with Crippen LogP contribution < -0.4 is 26.6 Å². The van der Waals surface area contributed by atoms with Crippen LogP contribution in [-0.2, 0) is 0 Å². The molecule has 5 rings (SSSR count). The highest BCUT2D eigenvalue weighted by molar-refractivity contribution is 6.09. The maximum atomic E-state index is 13.5. The molecule has 9 nitrogen and oxygen atoms in total. The number of nitrogens with two attached hydrogens (primary N) is 2. The van der Waals surface area contributed by atoms with Gasteiger partial charge < -0.3 is 31.5 Å². The number of hydrogen-bond donors (Lipinski definition) is 3. The van der Waals surface area contributed by atoms with E-state index in [-0.39, 0.29) is 36.6 Å². The number of aromatic nitrogens is 2. The predicted molar refractivity (Wildman–Crippen MR) is 142 cm³/mol. The Bertz CT molecular complexity index is 1330. The van der Waals surface area contributed by atoms with Crippen molar-refractivity contribution in [1.29, 1.82) is 0 Å². The van der Waals surface area contributed by atoms with Crippen molar-refractivity contribution in [3.8, 4) is 0 Å². The fourth-order valence-corrected chi connectivity index (χ4v) is 5.13. The van der Waals surface area contributed by atoms with Gasteiger partial charge in [-0.2, -0.15) is 13.2 Å². The van der Waals surface area contributed by atoms with E-state index in [0.717, 1.165) is 37.3 Å². The number of alkyl halides is 3. The van der Waals surface area contributed by atoms with Crippen LogP contribution >= 0.6 is 0 Å². The van der Waals surface area contributed by atoms with Crippen molar-refractivity contribution in [2.45, 2.75) is 18.6 Å². The molecule has 202 valence electrons. The summed E-state index contributed by atoms with van der Waals surface area (Å²) in [5.74, 6) is -2.13. The molecule has 2 aliphatic heterocycles. The Kier molecular flexibility index (Phi) is 7.01. The highest BCUT2D eigenvalue weighted by Crippen LogP contribution is 2.36. The number of pyridine rings is 2. The smallest absolute Gasteiger partial charge is 0.393 e. The number of nitrogens with one attached hydrogen (secondary N) is 1. The molecule has 12 heteroatoms. The summed E-state index contributed by atoms with van der Waals surface area (Å²) in [5.41, 5.74) is 14.7. The third-order valence-corrected chi connectivity index (χ3v) is 7.25. The molecule has 38 heavy (non-hydrogen) atoms. The van der Waals surface area contributed by atoms with Gasteiger partial charge in [-0.25, -0.2) is 4.98 Å². The summed E-state index contributed by atoms with van der Waals surface area (Å²) < 4.78 is 40.4. The normalized spacial score (nSPS) is 21.1. The minimum Gasteiger partial charge on any atom is -0.397 e. The fraction of sp³-hybridized carbons (Fsp3) is 0.423. The first-order valence-corrected chi connectivity index (χ1v) is 12.5. The third kappa shape index (κ3) is 5.46. The van der Waals surface area contributed by atoms with E-state index in [2.05, 4.69) is 32.1 Å². The van der Waals surface area contributed by atoms with Crippen LogP contribution in [0.15, 0.2) is 42.7 Å². The lowest BCUT2D eigenvalue weighted by molar-refractivity contribution is -0.177. The Hall–Kier alpha value is -3.64. The monoisotopic (exact) mass is 528 g/mol. The SMILES string of the molecule is CN1CCN(c2ccc3cc(N)c(C(=O)Nc4cnccc4N4C[C@H](N)C[C@H](C(F)(F)F)C4)nc3c2)CC1. The second kappa shape index (κ2) is 10.3. The van der Waals surface area contributed by atoms with Crippen LogP contribution in [0, 0.1) is 5.92 Å². The van der Waals surface area contributed by atoms with Crippen LogP contribution in [0.5, 0.6) is 0 Å². The first-order chi connectivity index (χ1) is 18.1. The Morgan fingerprint density at radius 2 is 1.84 bits per heavy atom. The minimum absolute atomic E-state index is 0.0337. The maximum Gasteiger partial charge on any atom is 0.393 e. The summed E-state index contributed by atoms with van der Waals surface area (Å²) in [6.45, 7) is 3.67. The van der Waals surface area contributed by atoms with Crippen LogP contribution in [0.2, 0.25) is 0 Å². The lowest BCUT2D eigenvalue weighted by Gasteiger charge is -2.39. The second-order valence-corrected chi connectivity index (χ2v) is 10.1. The molecule has 1 amide bonds. The molecule has 0 bridgehead atoms.